The van der Waals surface area contributed by atoms with E-state index in [9.17, 15) is 8.78 Å². The Morgan fingerprint density at radius 1 is 1.26 bits per heavy atom. The van der Waals surface area contributed by atoms with E-state index < -0.39 is 11.6 Å². The number of nitrogens with one attached hydrogen (secondary N) is 2. The first kappa shape index (κ1) is 19.2. The average molecular weight is 424 g/mol. The number of benzene rings is 1. The molecule has 0 aliphatic carbocycles. The van der Waals surface area contributed by atoms with Gasteiger partial charge in [0.1, 0.15) is 40.9 Å². The smallest absolute Gasteiger partial charge is 0.237 e. The predicted molar refractivity (Wildman–Crippen MR) is 110 cm³/mol. The number of aromatic nitrogens is 4. The molecule has 1 atom stereocenters. The SMILES string of the molecule is CC(=N)N1C(=N)C2COCCN2c2nc(-n3ccnc3-c3ccc(F)cc3F)ncc21. The number of ether oxygens (including phenoxy) is 1. The lowest BCUT2D eigenvalue weighted by Crippen LogP contribution is -2.59. The number of fused-ring (bicyclic) bond motifs is 3. The highest BCUT2D eigenvalue weighted by Crippen LogP contribution is 2.36. The van der Waals surface area contributed by atoms with Gasteiger partial charge in [0.25, 0.3) is 0 Å². The lowest BCUT2D eigenvalue weighted by Gasteiger charge is -2.45. The van der Waals surface area contributed by atoms with E-state index in [1.807, 2.05) is 4.90 Å². The second kappa shape index (κ2) is 7.20. The molecule has 1 unspecified atom stereocenters. The summed E-state index contributed by atoms with van der Waals surface area (Å²) in [5.74, 6) is 0.0262. The molecule has 31 heavy (non-hydrogen) atoms. The maximum atomic E-state index is 14.4. The van der Waals surface area contributed by atoms with Gasteiger partial charge >= 0.3 is 0 Å². The molecule has 0 saturated carbocycles. The predicted octanol–water partition coefficient (Wildman–Crippen LogP) is 2.61. The molecule has 2 aliphatic heterocycles. The summed E-state index contributed by atoms with van der Waals surface area (Å²) in [5.41, 5.74) is 0.643. The molecule has 1 fully saturated rings. The molecule has 0 bridgehead atoms. The Kier molecular flexibility index (Phi) is 4.47. The van der Waals surface area contributed by atoms with Crippen molar-refractivity contribution in [3.8, 4) is 17.3 Å². The van der Waals surface area contributed by atoms with Crippen molar-refractivity contribution in [3.05, 3.63) is 48.4 Å². The molecule has 158 valence electrons. The highest BCUT2D eigenvalue weighted by Gasteiger charge is 2.40. The van der Waals surface area contributed by atoms with Crippen LogP contribution in [0.5, 0.6) is 0 Å². The van der Waals surface area contributed by atoms with Crippen LogP contribution < -0.4 is 9.80 Å². The van der Waals surface area contributed by atoms with E-state index in [0.717, 1.165) is 6.07 Å². The van der Waals surface area contributed by atoms with Gasteiger partial charge < -0.3 is 9.64 Å². The third kappa shape index (κ3) is 3.05. The molecule has 1 saturated heterocycles. The minimum Gasteiger partial charge on any atom is -0.377 e. The van der Waals surface area contributed by atoms with E-state index in [0.29, 0.717) is 31.3 Å². The fourth-order valence-corrected chi connectivity index (χ4v) is 3.90. The van der Waals surface area contributed by atoms with Crippen LogP contribution in [0.3, 0.4) is 0 Å². The van der Waals surface area contributed by atoms with Gasteiger partial charge in [-0.1, -0.05) is 0 Å². The normalized spacial score (nSPS) is 18.0. The van der Waals surface area contributed by atoms with E-state index in [2.05, 4.69) is 9.97 Å². The Morgan fingerprint density at radius 3 is 2.87 bits per heavy atom. The van der Waals surface area contributed by atoms with Crippen molar-refractivity contribution in [2.75, 3.05) is 29.6 Å². The molecule has 2 aromatic heterocycles. The molecule has 11 heteroatoms. The first-order valence-electron chi connectivity index (χ1n) is 9.60. The standard InChI is InChI=1S/C20H18F2N8O/c1-11(23)30-15-9-26-20(27-19(15)28-6-7-31-10-16(28)17(30)24)29-5-4-25-18(29)13-3-2-12(21)8-14(13)22/h2-5,8-9,16,23-24H,6-7,10H2,1H3. The number of amidine groups is 2. The number of anilines is 2. The minimum absolute atomic E-state index is 0.121. The van der Waals surface area contributed by atoms with Crippen LogP contribution in [0.25, 0.3) is 17.3 Å². The fraction of sp³-hybridized carbons (Fsp3) is 0.250. The first-order valence-corrected chi connectivity index (χ1v) is 9.60. The molecular formula is C20H18F2N8O. The van der Waals surface area contributed by atoms with Gasteiger partial charge in [-0.15, -0.1) is 0 Å². The van der Waals surface area contributed by atoms with Crippen LogP contribution in [0.15, 0.2) is 36.8 Å². The Hall–Kier alpha value is -3.73. The summed E-state index contributed by atoms with van der Waals surface area (Å²) in [6, 6.07) is 2.92. The van der Waals surface area contributed by atoms with Crippen LogP contribution in [-0.2, 0) is 4.74 Å². The van der Waals surface area contributed by atoms with E-state index in [4.69, 9.17) is 20.5 Å². The molecule has 3 aromatic rings. The van der Waals surface area contributed by atoms with Crippen LogP contribution in [0.4, 0.5) is 20.3 Å². The third-order valence-corrected chi connectivity index (χ3v) is 5.30. The second-order valence-corrected chi connectivity index (χ2v) is 7.21. The molecule has 0 spiro atoms. The zero-order valence-corrected chi connectivity index (χ0v) is 16.5. The molecule has 1 aromatic carbocycles. The summed E-state index contributed by atoms with van der Waals surface area (Å²) in [6.07, 6.45) is 4.63. The highest BCUT2D eigenvalue weighted by molar-refractivity contribution is 6.22. The van der Waals surface area contributed by atoms with Gasteiger partial charge in [-0.05, 0) is 19.1 Å². The van der Waals surface area contributed by atoms with Crippen LogP contribution in [0.2, 0.25) is 0 Å². The molecule has 0 radical (unpaired) electrons. The van der Waals surface area contributed by atoms with E-state index in [1.165, 1.54) is 27.8 Å². The van der Waals surface area contributed by atoms with Gasteiger partial charge in [-0.2, -0.15) is 4.98 Å². The van der Waals surface area contributed by atoms with Gasteiger partial charge in [0.05, 0.1) is 25.0 Å². The average Bonchev–Trinajstić information content (AvgIpc) is 3.23. The number of morpholine rings is 1. The van der Waals surface area contributed by atoms with Crippen LogP contribution >= 0.6 is 0 Å². The minimum atomic E-state index is -0.738. The molecule has 0 amide bonds. The number of halogens is 2. The quantitative estimate of drug-likeness (QED) is 0.484. The van der Waals surface area contributed by atoms with Crippen LogP contribution in [0.1, 0.15) is 6.92 Å². The van der Waals surface area contributed by atoms with Crippen molar-refractivity contribution in [2.24, 2.45) is 0 Å². The number of hydrogen-bond acceptors (Lipinski definition) is 7. The molecule has 2 N–H and O–H groups in total. The number of imidazole rings is 1. The molecule has 9 nitrogen and oxygen atoms in total. The monoisotopic (exact) mass is 424 g/mol. The molecule has 4 heterocycles. The van der Waals surface area contributed by atoms with Gasteiger partial charge in [0, 0.05) is 25.0 Å². The van der Waals surface area contributed by atoms with Gasteiger partial charge in [-0.25, -0.2) is 18.7 Å². The van der Waals surface area contributed by atoms with Crippen molar-refractivity contribution >= 4 is 23.2 Å². The summed E-state index contributed by atoms with van der Waals surface area (Å²) in [7, 11) is 0. The van der Waals surface area contributed by atoms with Crippen molar-refractivity contribution < 1.29 is 13.5 Å². The van der Waals surface area contributed by atoms with E-state index in [1.54, 1.807) is 19.3 Å². The molecule has 2 aliphatic rings. The Balaban J connectivity index is 1.64. The van der Waals surface area contributed by atoms with Gasteiger partial charge in [-0.3, -0.25) is 20.3 Å². The Labute approximate surface area is 176 Å². The summed E-state index contributed by atoms with van der Waals surface area (Å²) < 4.78 is 34.8. The topological polar surface area (TPSA) is 107 Å². The van der Waals surface area contributed by atoms with Crippen molar-refractivity contribution in [1.82, 2.24) is 19.5 Å². The number of hydrogen-bond donors (Lipinski definition) is 2. The summed E-state index contributed by atoms with van der Waals surface area (Å²) >= 11 is 0. The van der Waals surface area contributed by atoms with Gasteiger partial charge in [0.15, 0.2) is 5.82 Å². The molecule has 5 rings (SSSR count). The Morgan fingerprint density at radius 2 is 2.10 bits per heavy atom. The van der Waals surface area contributed by atoms with Crippen molar-refractivity contribution in [1.29, 1.82) is 10.8 Å². The van der Waals surface area contributed by atoms with Crippen molar-refractivity contribution in [2.45, 2.75) is 13.0 Å². The largest absolute Gasteiger partial charge is 0.377 e. The van der Waals surface area contributed by atoms with Crippen LogP contribution in [-0.4, -0.2) is 57.0 Å². The summed E-state index contributed by atoms with van der Waals surface area (Å²) in [5, 5.41) is 16.7. The lowest BCUT2D eigenvalue weighted by molar-refractivity contribution is 0.109. The second-order valence-electron chi connectivity index (χ2n) is 7.21. The van der Waals surface area contributed by atoms with Crippen molar-refractivity contribution in [3.63, 3.8) is 0 Å². The number of rotatable bonds is 2. The maximum Gasteiger partial charge on any atom is 0.237 e. The number of nitrogens with zero attached hydrogens (tertiary/aromatic N) is 6. The molecular weight excluding hydrogens is 406 g/mol. The van der Waals surface area contributed by atoms with Gasteiger partial charge in [0.2, 0.25) is 5.95 Å². The zero-order chi connectivity index (χ0) is 21.7. The van der Waals surface area contributed by atoms with E-state index in [-0.39, 0.29) is 35.0 Å². The third-order valence-electron chi connectivity index (χ3n) is 5.30. The maximum absolute atomic E-state index is 14.4. The van der Waals surface area contributed by atoms with Crippen LogP contribution in [0, 0.1) is 22.5 Å². The highest BCUT2D eigenvalue weighted by atomic mass is 19.1. The van der Waals surface area contributed by atoms with E-state index >= 15 is 0 Å². The first-order chi connectivity index (χ1) is 15.0. The fourth-order valence-electron chi connectivity index (χ4n) is 3.90. The summed E-state index contributed by atoms with van der Waals surface area (Å²) in [4.78, 5) is 16.7. The summed E-state index contributed by atoms with van der Waals surface area (Å²) in [6.45, 7) is 2.93. The Bertz CT molecular complexity index is 1210. The zero-order valence-electron chi connectivity index (χ0n) is 16.5. The lowest BCUT2D eigenvalue weighted by atomic mass is 10.1.